The normalized spacial score (nSPS) is 22.1. The van der Waals surface area contributed by atoms with Gasteiger partial charge in [0.1, 0.15) is 7.85 Å². The van der Waals surface area contributed by atoms with E-state index in [9.17, 15) is 4.79 Å². The number of aliphatic carboxylic acids is 1. The number of allylic oxidation sites excluding steroid dienone is 4. The lowest BCUT2D eigenvalue weighted by Crippen LogP contribution is -2.06. The van der Waals surface area contributed by atoms with Gasteiger partial charge in [0.2, 0.25) is 0 Å². The second kappa shape index (κ2) is 4.31. The molecule has 1 unspecified atom stereocenters. The summed E-state index contributed by atoms with van der Waals surface area (Å²) < 4.78 is 0. The molecule has 2 nitrogen and oxygen atoms in total. The van der Waals surface area contributed by atoms with Gasteiger partial charge in [-0.1, -0.05) is 24.6 Å². The molecule has 1 rings (SSSR count). The third kappa shape index (κ3) is 3.09. The van der Waals surface area contributed by atoms with E-state index in [0.29, 0.717) is 12.3 Å². The van der Waals surface area contributed by atoms with Crippen molar-refractivity contribution in [3.8, 4) is 0 Å². The van der Waals surface area contributed by atoms with Crippen molar-refractivity contribution in [3.63, 3.8) is 0 Å². The van der Waals surface area contributed by atoms with E-state index >= 15 is 0 Å². The average molecular weight is 176 g/mol. The second-order valence-corrected chi connectivity index (χ2v) is 3.49. The fraction of sp³-hybridized carbons (Fsp3) is 0.500. The van der Waals surface area contributed by atoms with Crippen LogP contribution >= 0.6 is 0 Å². The highest BCUT2D eigenvalue weighted by molar-refractivity contribution is 6.22. The molecule has 2 radical (unpaired) electrons. The van der Waals surface area contributed by atoms with E-state index in [4.69, 9.17) is 13.0 Å². The van der Waals surface area contributed by atoms with E-state index < -0.39 is 5.97 Å². The van der Waals surface area contributed by atoms with Gasteiger partial charge in [-0.05, 0) is 18.8 Å². The Balaban J connectivity index is 2.49. The molecule has 0 spiro atoms. The zero-order chi connectivity index (χ0) is 9.84. The van der Waals surface area contributed by atoms with Gasteiger partial charge in [-0.25, -0.2) is 0 Å². The van der Waals surface area contributed by atoms with E-state index in [1.165, 1.54) is 5.57 Å². The first-order chi connectivity index (χ1) is 6.09. The monoisotopic (exact) mass is 176 g/mol. The maximum absolute atomic E-state index is 10.3. The van der Waals surface area contributed by atoms with Crippen molar-refractivity contribution < 1.29 is 9.90 Å². The molecule has 1 aliphatic rings. The van der Waals surface area contributed by atoms with Crippen molar-refractivity contribution in [2.75, 3.05) is 0 Å². The summed E-state index contributed by atoms with van der Waals surface area (Å²) in [7, 11) is 5.70. The third-order valence-electron chi connectivity index (χ3n) is 2.31. The Hall–Kier alpha value is -0.985. The molecule has 0 bridgehead atoms. The zero-order valence-electron chi connectivity index (χ0n) is 7.79. The number of hydrogen-bond acceptors (Lipinski definition) is 1. The van der Waals surface area contributed by atoms with Crippen LogP contribution in [0, 0.1) is 5.92 Å². The largest absolute Gasteiger partial charge is 0.481 e. The van der Waals surface area contributed by atoms with Gasteiger partial charge < -0.3 is 5.11 Å². The van der Waals surface area contributed by atoms with Crippen molar-refractivity contribution >= 4 is 13.8 Å². The van der Waals surface area contributed by atoms with Gasteiger partial charge in [0.05, 0.1) is 0 Å². The van der Waals surface area contributed by atoms with Gasteiger partial charge in [0, 0.05) is 6.42 Å². The number of rotatable bonds is 3. The molecule has 0 amide bonds. The molecule has 0 aromatic rings. The molecule has 0 saturated heterocycles. The number of carboxylic acid groups (broad SMARTS) is 1. The minimum Gasteiger partial charge on any atom is -0.481 e. The standard InChI is InChI=1S/C10H13BO2/c1-7-6-8(2-4-9(7)11)3-5-10(12)13/h2,4,7H,3,5-6H2,1H3,(H,12,13). The smallest absolute Gasteiger partial charge is 0.303 e. The fourth-order valence-corrected chi connectivity index (χ4v) is 1.41. The van der Waals surface area contributed by atoms with Gasteiger partial charge in [-0.3, -0.25) is 4.79 Å². The molecular weight excluding hydrogens is 163 g/mol. The van der Waals surface area contributed by atoms with Gasteiger partial charge in [-0.15, -0.1) is 5.47 Å². The number of hydrogen-bond donors (Lipinski definition) is 1. The highest BCUT2D eigenvalue weighted by atomic mass is 16.4. The molecule has 0 fully saturated rings. The van der Waals surface area contributed by atoms with Crippen LogP contribution in [0.3, 0.4) is 0 Å². The van der Waals surface area contributed by atoms with Crippen molar-refractivity contribution in [3.05, 3.63) is 23.2 Å². The summed E-state index contributed by atoms with van der Waals surface area (Å²) in [4.78, 5) is 10.3. The summed E-state index contributed by atoms with van der Waals surface area (Å²) in [6, 6.07) is 0. The molecule has 0 aromatic heterocycles. The summed E-state index contributed by atoms with van der Waals surface area (Å²) in [6.07, 6.45) is 5.58. The van der Waals surface area contributed by atoms with Crippen molar-refractivity contribution in [2.24, 2.45) is 5.92 Å². The van der Waals surface area contributed by atoms with E-state index in [0.717, 1.165) is 11.9 Å². The van der Waals surface area contributed by atoms with Crippen LogP contribution in [-0.2, 0) is 4.79 Å². The maximum Gasteiger partial charge on any atom is 0.303 e. The SMILES string of the molecule is [B]C1=CC=C(CCC(=O)O)CC1C. The lowest BCUT2D eigenvalue weighted by atomic mass is 9.77. The molecule has 0 aromatic carbocycles. The van der Waals surface area contributed by atoms with E-state index in [1.807, 2.05) is 12.2 Å². The summed E-state index contributed by atoms with van der Waals surface area (Å²) in [5.41, 5.74) is 2.07. The van der Waals surface area contributed by atoms with Crippen LogP contribution in [0.1, 0.15) is 26.2 Å². The minimum absolute atomic E-state index is 0.215. The maximum atomic E-state index is 10.3. The first kappa shape index (κ1) is 10.1. The number of carbonyl (C=O) groups is 1. The second-order valence-electron chi connectivity index (χ2n) is 3.49. The molecule has 68 valence electrons. The first-order valence-electron chi connectivity index (χ1n) is 4.46. The predicted molar refractivity (Wildman–Crippen MR) is 52.6 cm³/mol. The quantitative estimate of drug-likeness (QED) is 0.666. The molecule has 0 heterocycles. The van der Waals surface area contributed by atoms with E-state index in [-0.39, 0.29) is 6.42 Å². The topological polar surface area (TPSA) is 37.3 Å². The molecular formula is C10H13BO2. The molecule has 3 heteroatoms. The Morgan fingerprint density at radius 3 is 2.92 bits per heavy atom. The average Bonchev–Trinajstić information content (AvgIpc) is 2.07. The molecule has 1 aliphatic carbocycles. The lowest BCUT2D eigenvalue weighted by molar-refractivity contribution is -0.136. The molecule has 0 saturated carbocycles. The van der Waals surface area contributed by atoms with Crippen LogP contribution < -0.4 is 0 Å². The van der Waals surface area contributed by atoms with Crippen LogP contribution in [0.15, 0.2) is 23.2 Å². The predicted octanol–water partition coefficient (Wildman–Crippen LogP) is 1.87. The van der Waals surface area contributed by atoms with Crippen molar-refractivity contribution in [2.45, 2.75) is 26.2 Å². The number of carboxylic acids is 1. The Bertz CT molecular complexity index is 266. The zero-order valence-corrected chi connectivity index (χ0v) is 7.79. The van der Waals surface area contributed by atoms with Crippen LogP contribution in [0.2, 0.25) is 0 Å². The van der Waals surface area contributed by atoms with Gasteiger partial charge in [0.25, 0.3) is 0 Å². The summed E-state index contributed by atoms with van der Waals surface area (Å²) in [5, 5.41) is 8.49. The van der Waals surface area contributed by atoms with Crippen molar-refractivity contribution in [1.82, 2.24) is 0 Å². The Kier molecular flexibility index (Phi) is 3.35. The van der Waals surface area contributed by atoms with Crippen LogP contribution in [0.25, 0.3) is 0 Å². The van der Waals surface area contributed by atoms with Crippen LogP contribution in [0.4, 0.5) is 0 Å². The van der Waals surface area contributed by atoms with Crippen LogP contribution in [0.5, 0.6) is 0 Å². The van der Waals surface area contributed by atoms with Gasteiger partial charge in [-0.2, -0.15) is 0 Å². The van der Waals surface area contributed by atoms with Gasteiger partial charge in [0.15, 0.2) is 0 Å². The van der Waals surface area contributed by atoms with Crippen LogP contribution in [-0.4, -0.2) is 18.9 Å². The van der Waals surface area contributed by atoms with Gasteiger partial charge >= 0.3 is 5.97 Å². The van der Waals surface area contributed by atoms with E-state index in [2.05, 4.69) is 6.92 Å². The molecule has 1 atom stereocenters. The first-order valence-corrected chi connectivity index (χ1v) is 4.46. The highest BCUT2D eigenvalue weighted by Crippen LogP contribution is 2.25. The summed E-state index contributed by atoms with van der Waals surface area (Å²) >= 11 is 0. The minimum atomic E-state index is -0.740. The Morgan fingerprint density at radius 1 is 1.69 bits per heavy atom. The highest BCUT2D eigenvalue weighted by Gasteiger charge is 2.11. The van der Waals surface area contributed by atoms with E-state index in [1.54, 1.807) is 0 Å². The summed E-state index contributed by atoms with van der Waals surface area (Å²) in [6.45, 7) is 2.06. The fourth-order valence-electron chi connectivity index (χ4n) is 1.41. The molecule has 0 aliphatic heterocycles. The Morgan fingerprint density at radius 2 is 2.38 bits per heavy atom. The molecule has 13 heavy (non-hydrogen) atoms. The Labute approximate surface area is 79.7 Å². The molecule has 1 N–H and O–H groups in total. The lowest BCUT2D eigenvalue weighted by Gasteiger charge is -2.18. The van der Waals surface area contributed by atoms with Crippen molar-refractivity contribution in [1.29, 1.82) is 0 Å². The summed E-state index contributed by atoms with van der Waals surface area (Å²) in [5.74, 6) is -0.384. The third-order valence-corrected chi connectivity index (χ3v) is 2.31.